The van der Waals surface area contributed by atoms with Crippen LogP contribution in [0.1, 0.15) is 29.0 Å². The molecule has 0 bridgehead atoms. The molecule has 0 spiro atoms. The van der Waals surface area contributed by atoms with Crippen molar-refractivity contribution in [3.05, 3.63) is 66.4 Å². The Labute approximate surface area is 162 Å². The summed E-state index contributed by atoms with van der Waals surface area (Å²) in [5, 5.41) is 2.44. The molecule has 0 saturated heterocycles. The van der Waals surface area contributed by atoms with Crippen LogP contribution in [0.4, 0.5) is 5.82 Å². The van der Waals surface area contributed by atoms with E-state index in [4.69, 9.17) is 0 Å². The number of anilines is 1. The van der Waals surface area contributed by atoms with Gasteiger partial charge >= 0.3 is 0 Å². The Morgan fingerprint density at radius 2 is 1.75 bits per heavy atom. The molecule has 1 saturated carbocycles. The topological polar surface area (TPSA) is 102 Å². The fourth-order valence-electron chi connectivity index (χ4n) is 2.76. The van der Waals surface area contributed by atoms with Gasteiger partial charge in [0.05, 0.1) is 15.7 Å². The van der Waals surface area contributed by atoms with Gasteiger partial charge in [0.2, 0.25) is 0 Å². The number of aryl methyl sites for hydroxylation is 1. The van der Waals surface area contributed by atoms with Crippen LogP contribution in [0, 0.1) is 6.92 Å². The number of nitrogens with zero attached hydrogens (tertiary/aromatic N) is 3. The number of rotatable bonds is 5. The third kappa shape index (κ3) is 3.77. The van der Waals surface area contributed by atoms with Gasteiger partial charge in [-0.05, 0) is 49.6 Å². The maximum atomic E-state index is 12.4. The van der Waals surface area contributed by atoms with E-state index >= 15 is 0 Å². The zero-order chi connectivity index (χ0) is 19.7. The molecule has 2 heterocycles. The highest BCUT2D eigenvalue weighted by molar-refractivity contribution is 7.92. The van der Waals surface area contributed by atoms with Gasteiger partial charge in [-0.3, -0.25) is 4.79 Å². The molecular formula is C20H18N4O3S. The summed E-state index contributed by atoms with van der Waals surface area (Å²) in [5.74, 6) is 0.624. The summed E-state index contributed by atoms with van der Waals surface area (Å²) in [6, 6.07) is 10.3. The van der Waals surface area contributed by atoms with Crippen molar-refractivity contribution in [2.75, 3.05) is 5.32 Å². The summed E-state index contributed by atoms with van der Waals surface area (Å²) < 4.78 is 24.9. The number of aromatic nitrogens is 3. The Morgan fingerprint density at radius 1 is 1.00 bits per heavy atom. The van der Waals surface area contributed by atoms with Crippen molar-refractivity contribution < 1.29 is 13.2 Å². The van der Waals surface area contributed by atoms with Gasteiger partial charge in [0.15, 0.2) is 9.84 Å². The van der Waals surface area contributed by atoms with Crippen molar-refractivity contribution in [1.29, 1.82) is 0 Å². The lowest BCUT2D eigenvalue weighted by Crippen LogP contribution is -2.13. The third-order valence-corrected chi connectivity index (χ3v) is 6.77. The minimum Gasteiger partial charge on any atom is -0.306 e. The summed E-state index contributed by atoms with van der Waals surface area (Å²) in [5.41, 5.74) is 1.87. The Balaban J connectivity index is 1.52. The van der Waals surface area contributed by atoms with E-state index < -0.39 is 9.84 Å². The first-order valence-electron chi connectivity index (χ1n) is 8.84. The molecule has 28 heavy (non-hydrogen) atoms. The number of pyridine rings is 1. The third-order valence-electron chi connectivity index (χ3n) is 4.51. The molecule has 1 aromatic carbocycles. The zero-order valence-corrected chi connectivity index (χ0v) is 16.0. The van der Waals surface area contributed by atoms with Crippen LogP contribution in [0.15, 0.2) is 59.9 Å². The molecule has 1 aliphatic carbocycles. The van der Waals surface area contributed by atoms with Gasteiger partial charge in [0.25, 0.3) is 5.91 Å². The summed E-state index contributed by atoms with van der Waals surface area (Å²) in [7, 11) is -3.24. The minimum absolute atomic E-state index is 0.246. The van der Waals surface area contributed by atoms with Gasteiger partial charge in [-0.2, -0.15) is 0 Å². The smallest absolute Gasteiger partial charge is 0.259 e. The van der Waals surface area contributed by atoms with Gasteiger partial charge in [0, 0.05) is 24.2 Å². The van der Waals surface area contributed by atoms with Crippen LogP contribution in [-0.2, 0) is 9.84 Å². The highest BCUT2D eigenvalue weighted by atomic mass is 32.2. The Bertz CT molecular complexity index is 1120. The average Bonchev–Trinajstić information content (AvgIpc) is 3.55. The van der Waals surface area contributed by atoms with Crippen LogP contribution in [-0.4, -0.2) is 34.5 Å². The fourth-order valence-corrected chi connectivity index (χ4v) is 4.46. The second-order valence-electron chi connectivity index (χ2n) is 6.68. The minimum atomic E-state index is -3.24. The quantitative estimate of drug-likeness (QED) is 0.714. The van der Waals surface area contributed by atoms with Crippen molar-refractivity contribution in [3.8, 4) is 11.1 Å². The number of amides is 1. The van der Waals surface area contributed by atoms with Crippen LogP contribution in [0.3, 0.4) is 0 Å². The monoisotopic (exact) mass is 394 g/mol. The lowest BCUT2D eigenvalue weighted by atomic mass is 10.1. The Kier molecular flexibility index (Phi) is 4.64. The summed E-state index contributed by atoms with van der Waals surface area (Å²) in [6.07, 6.45) is 5.98. The van der Waals surface area contributed by atoms with E-state index in [1.54, 1.807) is 43.5 Å². The number of benzene rings is 1. The molecule has 2 aromatic heterocycles. The summed E-state index contributed by atoms with van der Waals surface area (Å²) in [4.78, 5) is 24.8. The van der Waals surface area contributed by atoms with Crippen molar-refractivity contribution >= 4 is 21.6 Å². The average molecular weight is 394 g/mol. The molecule has 0 atom stereocenters. The Morgan fingerprint density at radius 3 is 2.39 bits per heavy atom. The second-order valence-corrected chi connectivity index (χ2v) is 8.91. The molecular weight excluding hydrogens is 376 g/mol. The molecule has 8 heteroatoms. The largest absolute Gasteiger partial charge is 0.306 e. The fraction of sp³-hybridized carbons (Fsp3) is 0.200. The number of hydrogen-bond donors (Lipinski definition) is 1. The van der Waals surface area contributed by atoms with Crippen LogP contribution < -0.4 is 5.32 Å². The molecule has 0 aliphatic heterocycles. The number of carbonyl (C=O) groups excluding carboxylic acids is 1. The molecule has 1 aliphatic rings. The van der Waals surface area contributed by atoms with E-state index in [1.165, 1.54) is 12.4 Å². The first-order chi connectivity index (χ1) is 13.4. The van der Waals surface area contributed by atoms with Gasteiger partial charge in [-0.15, -0.1) is 0 Å². The molecule has 3 aromatic rings. The zero-order valence-electron chi connectivity index (χ0n) is 15.2. The van der Waals surface area contributed by atoms with Gasteiger partial charge in [-0.25, -0.2) is 23.4 Å². The van der Waals surface area contributed by atoms with Crippen LogP contribution in [0.5, 0.6) is 0 Å². The van der Waals surface area contributed by atoms with Crippen LogP contribution >= 0.6 is 0 Å². The SMILES string of the molecule is Cc1ncc(C(=O)Nc2ccc(-c3cccc(S(=O)(=O)C4CC4)c3)cn2)cn1. The molecule has 7 nitrogen and oxygen atoms in total. The molecule has 142 valence electrons. The lowest BCUT2D eigenvalue weighted by Gasteiger charge is -2.08. The van der Waals surface area contributed by atoms with Crippen molar-refractivity contribution in [3.63, 3.8) is 0 Å². The lowest BCUT2D eigenvalue weighted by molar-refractivity contribution is 0.102. The number of hydrogen-bond acceptors (Lipinski definition) is 6. The summed E-state index contributed by atoms with van der Waals surface area (Å²) >= 11 is 0. The first kappa shape index (κ1) is 18.2. The van der Waals surface area contributed by atoms with Crippen LogP contribution in [0.2, 0.25) is 0 Å². The van der Waals surface area contributed by atoms with Crippen molar-refractivity contribution in [2.45, 2.75) is 29.9 Å². The molecule has 1 amide bonds. The predicted octanol–water partition coefficient (Wildman–Crippen LogP) is 3.04. The van der Waals surface area contributed by atoms with E-state index in [9.17, 15) is 13.2 Å². The van der Waals surface area contributed by atoms with E-state index in [2.05, 4.69) is 20.3 Å². The number of carbonyl (C=O) groups is 1. The van der Waals surface area contributed by atoms with E-state index in [-0.39, 0.29) is 11.2 Å². The van der Waals surface area contributed by atoms with E-state index in [0.29, 0.717) is 22.1 Å². The van der Waals surface area contributed by atoms with Gasteiger partial charge in [0.1, 0.15) is 11.6 Å². The highest BCUT2D eigenvalue weighted by Gasteiger charge is 2.36. The van der Waals surface area contributed by atoms with Crippen molar-refractivity contribution in [2.24, 2.45) is 0 Å². The molecule has 4 rings (SSSR count). The van der Waals surface area contributed by atoms with Gasteiger partial charge in [-0.1, -0.05) is 12.1 Å². The number of sulfone groups is 1. The second kappa shape index (κ2) is 7.12. The number of nitrogens with one attached hydrogen (secondary N) is 1. The molecule has 0 unspecified atom stereocenters. The predicted molar refractivity (Wildman–Crippen MR) is 105 cm³/mol. The molecule has 1 fully saturated rings. The van der Waals surface area contributed by atoms with Crippen molar-refractivity contribution in [1.82, 2.24) is 15.0 Å². The van der Waals surface area contributed by atoms with E-state index in [0.717, 1.165) is 24.0 Å². The summed E-state index contributed by atoms with van der Waals surface area (Å²) in [6.45, 7) is 1.74. The van der Waals surface area contributed by atoms with E-state index in [1.807, 2.05) is 6.07 Å². The van der Waals surface area contributed by atoms with Gasteiger partial charge < -0.3 is 5.32 Å². The first-order valence-corrected chi connectivity index (χ1v) is 10.4. The van der Waals surface area contributed by atoms with Crippen LogP contribution in [0.25, 0.3) is 11.1 Å². The normalized spacial score (nSPS) is 13.9. The highest BCUT2D eigenvalue weighted by Crippen LogP contribution is 2.34. The maximum absolute atomic E-state index is 12.4. The standard InChI is InChI=1S/C20H18N4O3S/c1-13-21-11-16(12-22-13)20(25)24-19-8-5-15(10-23-19)14-3-2-4-18(9-14)28(26,27)17-6-7-17/h2-5,8-12,17H,6-7H2,1H3,(H,23,24,25). The molecule has 0 radical (unpaired) electrons. The maximum Gasteiger partial charge on any atom is 0.259 e. The molecule has 1 N–H and O–H groups in total. The Hall–Kier alpha value is -3.13.